The lowest BCUT2D eigenvalue weighted by atomic mass is 9.87. The number of carbonyl (C=O) groups excluding carboxylic acids is 1. The quantitative estimate of drug-likeness (QED) is 0.398. The van der Waals surface area contributed by atoms with Crippen LogP contribution in [0.25, 0.3) is 0 Å². The first-order valence-corrected chi connectivity index (χ1v) is 12.9. The third-order valence-electron chi connectivity index (χ3n) is 6.78. The molecule has 5 heteroatoms. The zero-order valence-electron chi connectivity index (χ0n) is 22.9. The van der Waals surface area contributed by atoms with E-state index in [1.807, 2.05) is 37.8 Å². The van der Waals surface area contributed by atoms with Crippen LogP contribution < -0.4 is 0 Å². The molecule has 34 heavy (non-hydrogen) atoms. The highest BCUT2D eigenvalue weighted by atomic mass is 16.3. The molecule has 0 aliphatic heterocycles. The van der Waals surface area contributed by atoms with E-state index in [-0.39, 0.29) is 11.3 Å². The number of hydrogen-bond acceptors (Lipinski definition) is 4. The first-order valence-electron chi connectivity index (χ1n) is 12.9. The standard InChI is InChI=1S/C27H41N3O2.C2H6/c1-7-29(18-24-14-20(2)21(3)26(32)16-24)13-12-27(5,6)19-30(22(4)31)25-11-9-8-10-23(15-25)17-28;1-2/h10,14-15,24,32H,7-9,11-13,16,18-19H2,1-6H3;1-2H3. The molecule has 1 amide bonds. The number of hydrogen-bond donors (Lipinski definition) is 1. The average molecular weight is 470 g/mol. The second kappa shape index (κ2) is 14.2. The van der Waals surface area contributed by atoms with Crippen molar-refractivity contribution in [3.63, 3.8) is 0 Å². The molecule has 1 unspecified atom stereocenters. The van der Waals surface area contributed by atoms with Gasteiger partial charge in [-0.15, -0.1) is 0 Å². The van der Waals surface area contributed by atoms with E-state index in [2.05, 4.69) is 44.7 Å². The molecule has 190 valence electrons. The minimum absolute atomic E-state index is 0.0383. The lowest BCUT2D eigenvalue weighted by molar-refractivity contribution is -0.128. The Balaban J connectivity index is 0.00000281. The Morgan fingerprint density at radius 2 is 1.97 bits per heavy atom. The van der Waals surface area contributed by atoms with E-state index in [0.717, 1.165) is 56.6 Å². The Hall–Kier alpha value is -2.32. The normalized spacial score (nSPS) is 18.7. The van der Waals surface area contributed by atoms with E-state index in [1.165, 1.54) is 5.57 Å². The summed E-state index contributed by atoms with van der Waals surface area (Å²) >= 11 is 0. The maximum absolute atomic E-state index is 12.5. The third kappa shape index (κ3) is 9.14. The van der Waals surface area contributed by atoms with Gasteiger partial charge in [0.15, 0.2) is 0 Å². The molecule has 2 aliphatic rings. The second-order valence-electron chi connectivity index (χ2n) is 10.1. The van der Waals surface area contributed by atoms with Crippen molar-refractivity contribution in [2.45, 2.75) is 87.5 Å². The predicted octanol–water partition coefficient (Wildman–Crippen LogP) is 6.92. The smallest absolute Gasteiger partial charge is 0.223 e. The Bertz CT molecular complexity index is 855. The van der Waals surface area contributed by atoms with Gasteiger partial charge in [-0.25, -0.2) is 0 Å². The summed E-state index contributed by atoms with van der Waals surface area (Å²) in [5, 5.41) is 19.6. The van der Waals surface area contributed by atoms with Gasteiger partial charge in [-0.1, -0.05) is 46.8 Å². The van der Waals surface area contributed by atoms with Crippen LogP contribution in [0.5, 0.6) is 0 Å². The molecule has 2 aliphatic carbocycles. The lowest BCUT2D eigenvalue weighted by Crippen LogP contribution is -2.39. The van der Waals surface area contributed by atoms with Crippen LogP contribution in [0.2, 0.25) is 0 Å². The van der Waals surface area contributed by atoms with E-state index in [9.17, 15) is 15.2 Å². The van der Waals surface area contributed by atoms with E-state index in [4.69, 9.17) is 0 Å². The molecule has 0 aromatic rings. The molecular weight excluding hydrogens is 422 g/mol. The largest absolute Gasteiger partial charge is 0.512 e. The monoisotopic (exact) mass is 469 g/mol. The predicted molar refractivity (Wildman–Crippen MR) is 142 cm³/mol. The Kier molecular flexibility index (Phi) is 12.4. The van der Waals surface area contributed by atoms with Crippen LogP contribution in [0.1, 0.15) is 87.5 Å². The van der Waals surface area contributed by atoms with Gasteiger partial charge in [-0.05, 0) is 81.2 Å². The van der Waals surface area contributed by atoms with Crippen LogP contribution in [0.4, 0.5) is 0 Å². The number of carbonyl (C=O) groups is 1. The van der Waals surface area contributed by atoms with Gasteiger partial charge in [0, 0.05) is 37.7 Å². The van der Waals surface area contributed by atoms with E-state index < -0.39 is 0 Å². The van der Waals surface area contributed by atoms with Gasteiger partial charge in [0.2, 0.25) is 5.91 Å². The summed E-state index contributed by atoms with van der Waals surface area (Å²) in [6.07, 6.45) is 10.5. The summed E-state index contributed by atoms with van der Waals surface area (Å²) in [6, 6.07) is 2.24. The van der Waals surface area contributed by atoms with Crippen LogP contribution in [-0.4, -0.2) is 47.0 Å². The molecule has 0 saturated carbocycles. The molecule has 0 bridgehead atoms. The first-order chi connectivity index (χ1) is 16.1. The van der Waals surface area contributed by atoms with Crippen molar-refractivity contribution in [1.29, 1.82) is 5.26 Å². The van der Waals surface area contributed by atoms with Gasteiger partial charge in [0.25, 0.3) is 0 Å². The van der Waals surface area contributed by atoms with Crippen molar-refractivity contribution in [1.82, 2.24) is 9.80 Å². The molecule has 2 rings (SSSR count). The zero-order valence-corrected chi connectivity index (χ0v) is 22.9. The fraction of sp³-hybridized carbons (Fsp3) is 0.655. The van der Waals surface area contributed by atoms with Gasteiger partial charge in [-0.2, -0.15) is 5.26 Å². The third-order valence-corrected chi connectivity index (χ3v) is 6.78. The molecule has 1 N–H and O–H groups in total. The highest BCUT2D eigenvalue weighted by molar-refractivity contribution is 5.75. The fourth-order valence-corrected chi connectivity index (χ4v) is 4.52. The average Bonchev–Trinajstić information content (AvgIpc) is 3.05. The SMILES string of the molecule is CC.CCN(CCC(C)(C)CN(C(C)=O)C1=CC(C#N)=CCCC1)CC1C=C(C)C(C)=C(O)C1. The first kappa shape index (κ1) is 29.7. The number of aliphatic hydroxyl groups is 1. The van der Waals surface area contributed by atoms with Gasteiger partial charge < -0.3 is 14.9 Å². The Labute approximate surface area is 208 Å². The second-order valence-corrected chi connectivity index (χ2v) is 10.1. The summed E-state index contributed by atoms with van der Waals surface area (Å²) in [7, 11) is 0. The maximum atomic E-state index is 12.5. The molecular formula is C29H47N3O2. The van der Waals surface area contributed by atoms with Crippen molar-refractivity contribution >= 4 is 5.91 Å². The van der Waals surface area contributed by atoms with Gasteiger partial charge in [-0.3, -0.25) is 4.79 Å². The molecule has 0 heterocycles. The number of amides is 1. The zero-order chi connectivity index (χ0) is 25.9. The number of nitriles is 1. The molecule has 0 aromatic carbocycles. The maximum Gasteiger partial charge on any atom is 0.223 e. The highest BCUT2D eigenvalue weighted by Gasteiger charge is 2.27. The van der Waals surface area contributed by atoms with Crippen molar-refractivity contribution in [3.05, 3.63) is 46.4 Å². The Morgan fingerprint density at radius 1 is 1.29 bits per heavy atom. The van der Waals surface area contributed by atoms with Crippen LogP contribution in [0, 0.1) is 22.7 Å². The molecule has 0 spiro atoms. The van der Waals surface area contributed by atoms with Gasteiger partial charge >= 0.3 is 0 Å². The van der Waals surface area contributed by atoms with Crippen LogP contribution >= 0.6 is 0 Å². The number of allylic oxidation sites excluding steroid dienone is 7. The number of nitrogens with zero attached hydrogens (tertiary/aromatic N) is 3. The summed E-state index contributed by atoms with van der Waals surface area (Å²) in [4.78, 5) is 16.8. The summed E-state index contributed by atoms with van der Waals surface area (Å²) < 4.78 is 0. The van der Waals surface area contributed by atoms with Gasteiger partial charge in [0.05, 0.1) is 11.8 Å². The molecule has 0 saturated heterocycles. The summed E-state index contributed by atoms with van der Waals surface area (Å²) in [6.45, 7) is 19.8. The topological polar surface area (TPSA) is 67.6 Å². The van der Waals surface area contributed by atoms with Crippen molar-refractivity contribution < 1.29 is 9.90 Å². The summed E-state index contributed by atoms with van der Waals surface area (Å²) in [5.41, 5.74) is 3.75. The molecule has 0 fully saturated rings. The van der Waals surface area contributed by atoms with Crippen LogP contribution in [-0.2, 0) is 4.79 Å². The minimum atomic E-state index is -0.0558. The van der Waals surface area contributed by atoms with Crippen LogP contribution in [0.15, 0.2) is 46.4 Å². The highest BCUT2D eigenvalue weighted by Crippen LogP contribution is 2.30. The van der Waals surface area contributed by atoms with Crippen molar-refractivity contribution in [2.75, 3.05) is 26.2 Å². The van der Waals surface area contributed by atoms with Crippen molar-refractivity contribution in [3.8, 4) is 6.07 Å². The lowest BCUT2D eigenvalue weighted by Gasteiger charge is -2.36. The molecule has 1 atom stereocenters. The summed E-state index contributed by atoms with van der Waals surface area (Å²) in [5.74, 6) is 0.894. The van der Waals surface area contributed by atoms with Crippen LogP contribution in [0.3, 0.4) is 0 Å². The van der Waals surface area contributed by atoms with E-state index >= 15 is 0 Å². The minimum Gasteiger partial charge on any atom is -0.512 e. The van der Waals surface area contributed by atoms with Gasteiger partial charge in [0.1, 0.15) is 0 Å². The van der Waals surface area contributed by atoms with E-state index in [0.29, 0.717) is 30.2 Å². The molecule has 0 aromatic heterocycles. The molecule has 5 nitrogen and oxygen atoms in total. The number of aliphatic hydroxyl groups excluding tert-OH is 1. The Morgan fingerprint density at radius 3 is 2.53 bits per heavy atom. The van der Waals surface area contributed by atoms with E-state index in [1.54, 1.807) is 6.92 Å². The fourth-order valence-electron chi connectivity index (χ4n) is 4.52. The molecule has 0 radical (unpaired) electrons. The van der Waals surface area contributed by atoms with Crippen molar-refractivity contribution in [2.24, 2.45) is 11.3 Å². The number of rotatable bonds is 9.